The molecule has 2 aromatic heterocycles. The monoisotopic (exact) mass is 335 g/mol. The summed E-state index contributed by atoms with van der Waals surface area (Å²) in [4.78, 5) is 15.2. The summed E-state index contributed by atoms with van der Waals surface area (Å²) in [5.74, 6) is 0.567. The second-order valence-electron chi connectivity index (χ2n) is 6.14. The molecule has 0 saturated heterocycles. The van der Waals surface area contributed by atoms with Crippen LogP contribution in [-0.4, -0.2) is 26.5 Å². The number of nitrogens with zero attached hydrogens (tertiary/aromatic N) is 3. The van der Waals surface area contributed by atoms with Crippen LogP contribution in [0.3, 0.4) is 0 Å². The summed E-state index contributed by atoms with van der Waals surface area (Å²) >= 11 is 0. The topological polar surface area (TPSA) is 66.5 Å². The van der Waals surface area contributed by atoms with Gasteiger partial charge in [-0.3, -0.25) is 0 Å². The van der Waals surface area contributed by atoms with Crippen LogP contribution in [-0.2, 0) is 11.6 Å². The number of imidazole rings is 1. The third-order valence-electron chi connectivity index (χ3n) is 3.89. The number of hydrogen-bond donors (Lipinski definition) is 2. The van der Waals surface area contributed by atoms with Gasteiger partial charge in [0.2, 0.25) is 0 Å². The molecule has 2 heterocycles. The van der Waals surface area contributed by atoms with Crippen LogP contribution in [0.15, 0.2) is 36.9 Å². The van der Waals surface area contributed by atoms with Crippen molar-refractivity contribution in [1.29, 1.82) is 0 Å². The number of hydrogen-bond acceptors (Lipinski definition) is 4. The van der Waals surface area contributed by atoms with Crippen molar-refractivity contribution < 1.29 is 13.2 Å². The maximum Gasteiger partial charge on any atom is 0.416 e. The van der Waals surface area contributed by atoms with E-state index in [-0.39, 0.29) is 0 Å². The molecule has 0 fully saturated rings. The van der Waals surface area contributed by atoms with Gasteiger partial charge in [0, 0.05) is 12.0 Å². The fraction of sp³-hybridized carbons (Fsp3) is 0.312. The number of halogens is 3. The fourth-order valence-corrected chi connectivity index (χ4v) is 2.42. The lowest BCUT2D eigenvalue weighted by atomic mass is 9.83. The Hall–Kier alpha value is -2.64. The van der Waals surface area contributed by atoms with Gasteiger partial charge in [0.25, 0.3) is 0 Å². The first-order valence-corrected chi connectivity index (χ1v) is 7.33. The van der Waals surface area contributed by atoms with Gasteiger partial charge in [-0.25, -0.2) is 15.0 Å². The standard InChI is InChI=1S/C16H16F3N5/c1-15(2,10-4-3-5-11(6-10)16(17,18)19)7-20-13-12-14(22-8-21-12)24-9-23-13/h3-6,8-9H,7H2,1-2H3,(H2,20,21,22,23,24). The molecule has 2 N–H and O–H groups in total. The molecule has 0 bridgehead atoms. The summed E-state index contributed by atoms with van der Waals surface area (Å²) in [6.07, 6.45) is -1.44. The third-order valence-corrected chi connectivity index (χ3v) is 3.89. The summed E-state index contributed by atoms with van der Waals surface area (Å²) < 4.78 is 38.7. The number of fused-ring (bicyclic) bond motifs is 1. The molecule has 0 saturated carbocycles. The summed E-state index contributed by atoms with van der Waals surface area (Å²) in [6.45, 7) is 4.15. The maximum absolute atomic E-state index is 12.9. The number of rotatable bonds is 4. The number of aromatic amines is 1. The Morgan fingerprint density at radius 1 is 1.08 bits per heavy atom. The molecule has 0 aliphatic carbocycles. The zero-order chi connectivity index (χ0) is 17.4. The SMILES string of the molecule is CC(C)(CNc1ncnc2nc[nH]c12)c1cccc(C(F)(F)F)c1. The van der Waals surface area contributed by atoms with Crippen molar-refractivity contribution in [2.45, 2.75) is 25.4 Å². The van der Waals surface area contributed by atoms with Crippen LogP contribution in [0, 0.1) is 0 Å². The summed E-state index contributed by atoms with van der Waals surface area (Å²) in [7, 11) is 0. The first-order valence-electron chi connectivity index (χ1n) is 7.33. The second kappa shape index (κ2) is 5.77. The zero-order valence-electron chi connectivity index (χ0n) is 13.1. The maximum atomic E-state index is 12.9. The van der Waals surface area contributed by atoms with Crippen molar-refractivity contribution in [3.05, 3.63) is 48.0 Å². The van der Waals surface area contributed by atoms with E-state index in [4.69, 9.17) is 0 Å². The normalized spacial score (nSPS) is 12.5. The molecule has 0 spiro atoms. The van der Waals surface area contributed by atoms with E-state index in [2.05, 4.69) is 25.3 Å². The zero-order valence-corrected chi connectivity index (χ0v) is 13.1. The van der Waals surface area contributed by atoms with Crippen molar-refractivity contribution in [1.82, 2.24) is 19.9 Å². The quantitative estimate of drug-likeness (QED) is 0.762. The molecule has 3 rings (SSSR count). The van der Waals surface area contributed by atoms with Gasteiger partial charge in [-0.15, -0.1) is 0 Å². The average Bonchev–Trinajstić information content (AvgIpc) is 3.01. The van der Waals surface area contributed by atoms with Crippen LogP contribution in [0.25, 0.3) is 11.2 Å². The van der Waals surface area contributed by atoms with E-state index in [0.29, 0.717) is 29.1 Å². The van der Waals surface area contributed by atoms with Gasteiger partial charge < -0.3 is 10.3 Å². The smallest absolute Gasteiger partial charge is 0.367 e. The van der Waals surface area contributed by atoms with Gasteiger partial charge >= 0.3 is 6.18 Å². The van der Waals surface area contributed by atoms with Crippen molar-refractivity contribution in [3.8, 4) is 0 Å². The Morgan fingerprint density at radius 3 is 2.58 bits per heavy atom. The lowest BCUT2D eigenvalue weighted by Crippen LogP contribution is -2.28. The Bertz CT molecular complexity index is 854. The Kier molecular flexibility index (Phi) is 3.90. The first-order chi connectivity index (χ1) is 11.3. The fourth-order valence-electron chi connectivity index (χ4n) is 2.42. The summed E-state index contributed by atoms with van der Waals surface area (Å²) in [5, 5.41) is 3.17. The number of benzene rings is 1. The molecule has 8 heteroatoms. The van der Waals surface area contributed by atoms with Crippen LogP contribution in [0.2, 0.25) is 0 Å². The molecule has 0 aliphatic heterocycles. The molecular formula is C16H16F3N5. The second-order valence-corrected chi connectivity index (χ2v) is 6.14. The predicted octanol–water partition coefficient (Wildman–Crippen LogP) is 3.76. The lowest BCUT2D eigenvalue weighted by molar-refractivity contribution is -0.137. The van der Waals surface area contributed by atoms with E-state index in [0.717, 1.165) is 6.07 Å². The van der Waals surface area contributed by atoms with Crippen molar-refractivity contribution in [2.24, 2.45) is 0 Å². The molecule has 126 valence electrons. The third kappa shape index (κ3) is 3.17. The van der Waals surface area contributed by atoms with Gasteiger partial charge in [0.05, 0.1) is 11.9 Å². The molecule has 24 heavy (non-hydrogen) atoms. The van der Waals surface area contributed by atoms with Crippen molar-refractivity contribution in [2.75, 3.05) is 11.9 Å². The van der Waals surface area contributed by atoms with Gasteiger partial charge in [0.1, 0.15) is 11.8 Å². The molecule has 0 atom stereocenters. The number of nitrogens with one attached hydrogen (secondary N) is 2. The van der Waals surface area contributed by atoms with Crippen LogP contribution in [0.5, 0.6) is 0 Å². The van der Waals surface area contributed by atoms with Crippen molar-refractivity contribution >= 4 is 17.0 Å². The predicted molar refractivity (Wildman–Crippen MR) is 84.6 cm³/mol. The number of H-pyrrole nitrogens is 1. The number of anilines is 1. The summed E-state index contributed by atoms with van der Waals surface area (Å²) in [6, 6.07) is 5.39. The van der Waals surface area contributed by atoms with Crippen molar-refractivity contribution in [3.63, 3.8) is 0 Å². The van der Waals surface area contributed by atoms with E-state index in [1.54, 1.807) is 6.07 Å². The molecule has 0 radical (unpaired) electrons. The highest BCUT2D eigenvalue weighted by Gasteiger charge is 2.32. The highest BCUT2D eigenvalue weighted by molar-refractivity contribution is 5.81. The van der Waals surface area contributed by atoms with E-state index in [1.807, 2.05) is 13.8 Å². The van der Waals surface area contributed by atoms with Crippen LogP contribution >= 0.6 is 0 Å². The van der Waals surface area contributed by atoms with Crippen LogP contribution in [0.4, 0.5) is 19.0 Å². The molecule has 5 nitrogen and oxygen atoms in total. The number of aromatic nitrogens is 4. The molecule has 0 amide bonds. The lowest BCUT2D eigenvalue weighted by Gasteiger charge is -2.26. The van der Waals surface area contributed by atoms with Gasteiger partial charge in [-0.1, -0.05) is 32.0 Å². The molecular weight excluding hydrogens is 319 g/mol. The van der Waals surface area contributed by atoms with Gasteiger partial charge in [-0.05, 0) is 11.6 Å². The molecule has 0 aliphatic rings. The molecule has 3 aromatic rings. The first kappa shape index (κ1) is 16.2. The average molecular weight is 335 g/mol. The van der Waals surface area contributed by atoms with E-state index in [9.17, 15) is 13.2 Å². The minimum Gasteiger partial charge on any atom is -0.367 e. The Labute approximate surface area is 136 Å². The summed E-state index contributed by atoms with van der Waals surface area (Å²) in [5.41, 5.74) is 0.617. The highest BCUT2D eigenvalue weighted by atomic mass is 19.4. The molecule has 0 unspecified atom stereocenters. The Balaban J connectivity index is 1.82. The largest absolute Gasteiger partial charge is 0.416 e. The van der Waals surface area contributed by atoms with E-state index >= 15 is 0 Å². The minimum absolute atomic E-state index is 0.402. The van der Waals surface area contributed by atoms with Gasteiger partial charge in [-0.2, -0.15) is 13.2 Å². The Morgan fingerprint density at radius 2 is 1.83 bits per heavy atom. The molecule has 1 aromatic carbocycles. The highest BCUT2D eigenvalue weighted by Crippen LogP contribution is 2.33. The number of alkyl halides is 3. The van der Waals surface area contributed by atoms with E-state index in [1.165, 1.54) is 24.8 Å². The minimum atomic E-state index is -4.35. The van der Waals surface area contributed by atoms with Crippen LogP contribution in [0.1, 0.15) is 25.0 Å². The van der Waals surface area contributed by atoms with Crippen LogP contribution < -0.4 is 5.32 Å². The van der Waals surface area contributed by atoms with Gasteiger partial charge in [0.15, 0.2) is 11.5 Å². The van der Waals surface area contributed by atoms with E-state index < -0.39 is 17.2 Å².